The molecule has 0 saturated heterocycles. The Morgan fingerprint density at radius 3 is 1.95 bits per heavy atom. The number of hydrogen-bond donors (Lipinski definition) is 3. The molecule has 7 unspecified atom stereocenters. The lowest BCUT2D eigenvalue weighted by Gasteiger charge is -2.44. The predicted molar refractivity (Wildman–Crippen MR) is 221 cm³/mol. The van der Waals surface area contributed by atoms with Gasteiger partial charge in [-0.15, -0.1) is 0 Å². The van der Waals surface area contributed by atoms with Crippen LogP contribution in [0.4, 0.5) is 11.6 Å². The Balaban J connectivity index is 1.10. The maximum atomic E-state index is 7.88. The van der Waals surface area contributed by atoms with E-state index in [-0.39, 0.29) is 0 Å². The van der Waals surface area contributed by atoms with E-state index in [0.717, 1.165) is 30.4 Å². The molecule has 0 radical (unpaired) electrons. The molecular weight excluding hydrogens is 765 g/mol. The Bertz CT molecular complexity index is 2680. The van der Waals surface area contributed by atoms with Crippen LogP contribution in [0, 0.1) is 35.5 Å². The lowest BCUT2D eigenvalue weighted by atomic mass is 9.90. The predicted octanol–water partition coefficient (Wildman–Crippen LogP) is 3.44. The van der Waals surface area contributed by atoms with Gasteiger partial charge in [-0.1, -0.05) is 12.8 Å². The summed E-state index contributed by atoms with van der Waals surface area (Å²) in [5, 5.41) is 10.8. The van der Waals surface area contributed by atoms with Gasteiger partial charge in [0.2, 0.25) is 0 Å². The van der Waals surface area contributed by atoms with Gasteiger partial charge in [0.25, 0.3) is 0 Å². The molecule has 11 aliphatic rings. The number of nitrogens with one attached hydrogen (secondary N) is 3. The second kappa shape index (κ2) is 12.1. The van der Waals surface area contributed by atoms with E-state index in [1.165, 1.54) is 38.5 Å². The average Bonchev–Trinajstić information content (AvgIpc) is 4.17. The minimum Gasteiger partial charge on any atom is -0.375 e. The fourth-order valence-corrected chi connectivity index (χ4v) is 15.3. The third-order valence-corrected chi connectivity index (χ3v) is 17.6. The van der Waals surface area contributed by atoms with E-state index in [0.29, 0.717) is 130 Å². The average molecular weight is 805 g/mol. The topological polar surface area (TPSA) is 201 Å². The first kappa shape index (κ1) is 33.1. The number of hydrogen-bond acceptors (Lipinski definition) is 17. The zero-order chi connectivity index (χ0) is 38.4. The SMILES string of the molecule is C1=NC2=C(NC1)C1=Nc3c4nccnc4c4n3[Si](OCC3CC5CCC3C5)(OCC3CC5CCC3C5)N3C(=NC2=N1)c1nccnc1C3NC1=NC(=N4)C2=C1NCC=N2. The van der Waals surface area contributed by atoms with Crippen LogP contribution < -0.4 is 16.0 Å². The normalized spacial score (nSPS) is 33.5. The summed E-state index contributed by atoms with van der Waals surface area (Å²) in [5.41, 5.74) is 5.02. The van der Waals surface area contributed by atoms with Crippen LogP contribution in [-0.4, -0.2) is 106 Å². The molecule has 3 aromatic heterocycles. The van der Waals surface area contributed by atoms with Gasteiger partial charge in [-0.05, 0) is 74.0 Å². The van der Waals surface area contributed by atoms with Crippen LogP contribution in [0.15, 0.2) is 82.5 Å². The molecule has 19 heteroatoms. The lowest BCUT2D eigenvalue weighted by Crippen LogP contribution is -2.68. The molecule has 0 spiro atoms. The minimum absolute atomic E-state index is 0.382. The third-order valence-electron chi connectivity index (χ3n) is 14.4. The van der Waals surface area contributed by atoms with Gasteiger partial charge in [0.15, 0.2) is 40.8 Å². The Hall–Kier alpha value is -5.79. The van der Waals surface area contributed by atoms with Crippen molar-refractivity contribution in [2.45, 2.75) is 57.5 Å². The summed E-state index contributed by atoms with van der Waals surface area (Å²) in [6, 6.07) is 0. The van der Waals surface area contributed by atoms with Gasteiger partial charge in [-0.3, -0.25) is 23.8 Å². The number of rotatable bonds is 6. The number of fused-ring (bicyclic) bond motifs is 16. The van der Waals surface area contributed by atoms with Crippen molar-refractivity contribution in [2.75, 3.05) is 26.3 Å². The zero-order valence-electron chi connectivity index (χ0n) is 32.1. The smallest absolute Gasteiger partial charge is 0.375 e. The molecule has 3 aromatic rings. The lowest BCUT2D eigenvalue weighted by molar-refractivity contribution is 0.0618. The van der Waals surface area contributed by atoms with Crippen LogP contribution in [-0.2, 0) is 8.85 Å². The third kappa shape index (κ3) is 4.65. The molecule has 14 rings (SSSR count). The fraction of sp³-hybridized carbons (Fsp3) is 0.475. The second-order valence-corrected chi connectivity index (χ2v) is 20.1. The van der Waals surface area contributed by atoms with Crippen molar-refractivity contribution >= 4 is 73.2 Å². The molecule has 4 aliphatic carbocycles. The van der Waals surface area contributed by atoms with Crippen molar-refractivity contribution in [3.05, 3.63) is 59.0 Å². The van der Waals surface area contributed by atoms with Crippen molar-refractivity contribution in [2.24, 2.45) is 70.5 Å². The van der Waals surface area contributed by atoms with Gasteiger partial charge in [0.1, 0.15) is 51.4 Å². The van der Waals surface area contributed by atoms with Gasteiger partial charge in [-0.2, -0.15) is 0 Å². The molecule has 4 fully saturated rings. The second-order valence-electron chi connectivity index (χ2n) is 17.5. The van der Waals surface area contributed by atoms with Crippen molar-refractivity contribution in [3.8, 4) is 0 Å². The molecule has 18 nitrogen and oxygen atoms in total. The van der Waals surface area contributed by atoms with E-state index in [1.807, 2.05) is 12.4 Å². The number of aromatic nitrogens is 5. The highest BCUT2D eigenvalue weighted by Gasteiger charge is 2.63. The van der Waals surface area contributed by atoms with E-state index in [9.17, 15) is 0 Å². The molecule has 0 amide bonds. The first-order chi connectivity index (χ1) is 29.2. The van der Waals surface area contributed by atoms with Crippen LogP contribution in [0.5, 0.6) is 0 Å². The van der Waals surface area contributed by atoms with Crippen LogP contribution in [0.3, 0.4) is 0 Å². The van der Waals surface area contributed by atoms with E-state index in [2.05, 4.69) is 24.7 Å². The molecule has 59 heavy (non-hydrogen) atoms. The maximum Gasteiger partial charge on any atom is 0.599 e. The van der Waals surface area contributed by atoms with Gasteiger partial charge < -0.3 is 24.8 Å². The van der Waals surface area contributed by atoms with E-state index < -0.39 is 15.0 Å². The van der Waals surface area contributed by atoms with Crippen LogP contribution in [0.2, 0.25) is 0 Å². The summed E-state index contributed by atoms with van der Waals surface area (Å²) in [5.74, 6) is 6.81. The highest BCUT2D eigenvalue weighted by molar-refractivity contribution is 6.68. The Morgan fingerprint density at radius 2 is 1.27 bits per heavy atom. The maximum absolute atomic E-state index is 7.88. The van der Waals surface area contributed by atoms with Crippen molar-refractivity contribution in [1.29, 1.82) is 0 Å². The van der Waals surface area contributed by atoms with Crippen LogP contribution in [0.25, 0.3) is 11.0 Å². The van der Waals surface area contributed by atoms with Gasteiger partial charge in [-0.25, -0.2) is 39.9 Å². The minimum atomic E-state index is -4.22. The number of nitrogens with zero attached hydrogens (tertiary/aromatic N) is 13. The van der Waals surface area contributed by atoms with Crippen LogP contribution in [0.1, 0.15) is 68.9 Å². The molecule has 7 aliphatic heterocycles. The summed E-state index contributed by atoms with van der Waals surface area (Å²) in [7, 11) is -4.22. The summed E-state index contributed by atoms with van der Waals surface area (Å²) in [6.45, 7) is 2.07. The van der Waals surface area contributed by atoms with Gasteiger partial charge in [0.05, 0.1) is 13.1 Å². The molecule has 296 valence electrons. The molecule has 10 bridgehead atoms. The Labute approximate surface area is 339 Å². The van der Waals surface area contributed by atoms with Gasteiger partial charge in [0, 0.05) is 50.4 Å². The quantitative estimate of drug-likeness (QED) is 0.310. The summed E-state index contributed by atoms with van der Waals surface area (Å²) < 4.78 is 20.0. The number of amidine groups is 5. The first-order valence-electron chi connectivity index (χ1n) is 21.1. The highest BCUT2D eigenvalue weighted by atomic mass is 28.4. The van der Waals surface area contributed by atoms with Crippen molar-refractivity contribution in [1.82, 2.24) is 44.7 Å². The summed E-state index contributed by atoms with van der Waals surface area (Å²) >= 11 is 0. The molecule has 10 heterocycles. The first-order valence-corrected chi connectivity index (χ1v) is 22.8. The van der Waals surface area contributed by atoms with E-state index >= 15 is 0 Å². The molecule has 3 N–H and O–H groups in total. The van der Waals surface area contributed by atoms with E-state index in [4.69, 9.17) is 63.7 Å². The van der Waals surface area contributed by atoms with E-state index in [1.54, 1.807) is 24.8 Å². The standard InChI is InChI=1S/C40H40N16O2Si/c1-3-21-13-19(1)15-23(21)17-57-59(58-18-24-16-20-2-4-22(24)14-20)55-37-29-30(46-10-9-45-29)39(55)53-35-27-28(44-8-7-43-27)36(50-35)54-40-32-31(47-11-12-48-32)38(56(40)59)52-34-26-25(33(49-34)51-37)41-5-6-42-26/h5,8-12,19-24,38,42-43H,1-4,6-7,13-18H2,(H,49,51,52). The molecular formula is C40H40N16O2Si. The highest BCUT2D eigenvalue weighted by Crippen LogP contribution is 2.52. The molecule has 4 saturated carbocycles. The van der Waals surface area contributed by atoms with Gasteiger partial charge >= 0.3 is 8.88 Å². The van der Waals surface area contributed by atoms with Crippen molar-refractivity contribution < 1.29 is 8.85 Å². The summed E-state index contributed by atoms with van der Waals surface area (Å²) in [6.07, 6.45) is 19.6. The molecule has 0 aromatic carbocycles. The molecule has 7 atom stereocenters. The Morgan fingerprint density at radius 1 is 0.644 bits per heavy atom. The van der Waals surface area contributed by atoms with Crippen molar-refractivity contribution in [3.63, 3.8) is 0 Å². The van der Waals surface area contributed by atoms with Crippen LogP contribution >= 0.6 is 0 Å². The fourth-order valence-electron chi connectivity index (χ4n) is 11.9. The monoisotopic (exact) mass is 804 g/mol. The Kier molecular flexibility index (Phi) is 6.81. The summed E-state index contributed by atoms with van der Waals surface area (Å²) in [4.78, 5) is 56.3. The zero-order valence-corrected chi connectivity index (χ0v) is 33.1. The number of aliphatic imine (C=N–C) groups is 7. The largest absolute Gasteiger partial charge is 0.599 e.